The van der Waals surface area contributed by atoms with Gasteiger partial charge in [-0.2, -0.15) is 0 Å². The van der Waals surface area contributed by atoms with Crippen molar-refractivity contribution in [2.75, 3.05) is 13.2 Å². The van der Waals surface area contributed by atoms with E-state index >= 15 is 0 Å². The van der Waals surface area contributed by atoms with Gasteiger partial charge in [0.05, 0.1) is 29.1 Å². The number of sulfone groups is 1. The minimum atomic E-state index is -3.58. The van der Waals surface area contributed by atoms with Crippen molar-refractivity contribution in [1.29, 1.82) is 0 Å². The van der Waals surface area contributed by atoms with Gasteiger partial charge >= 0.3 is 0 Å². The van der Waals surface area contributed by atoms with E-state index in [2.05, 4.69) is 0 Å². The lowest BCUT2D eigenvalue weighted by Gasteiger charge is -2.11. The van der Waals surface area contributed by atoms with E-state index in [9.17, 15) is 8.42 Å². The van der Waals surface area contributed by atoms with Crippen LogP contribution in [0, 0.1) is 0 Å². The van der Waals surface area contributed by atoms with Gasteiger partial charge in [-0.3, -0.25) is 0 Å². The monoisotopic (exact) mass is 482 g/mol. The van der Waals surface area contributed by atoms with Crippen LogP contribution >= 0.6 is 0 Å². The lowest BCUT2D eigenvalue weighted by Crippen LogP contribution is -2.06. The number of hydrogen-bond acceptors (Lipinski definition) is 5. The summed E-state index contributed by atoms with van der Waals surface area (Å²) < 4.78 is 42.8. The Labute approximate surface area is 203 Å². The van der Waals surface area contributed by atoms with Crippen molar-refractivity contribution in [3.63, 3.8) is 0 Å². The Hall–Kier alpha value is -2.99. The van der Waals surface area contributed by atoms with Gasteiger partial charge in [0.25, 0.3) is 0 Å². The summed E-state index contributed by atoms with van der Waals surface area (Å²) in [5.41, 5.74) is 0. The van der Waals surface area contributed by atoms with Crippen LogP contribution in [0.15, 0.2) is 88.7 Å². The molecule has 3 rings (SSSR count). The summed E-state index contributed by atoms with van der Waals surface area (Å²) in [7, 11) is -3.58. The van der Waals surface area contributed by atoms with Crippen LogP contribution in [0.2, 0.25) is 0 Å². The molecule has 0 aromatic heterocycles. The van der Waals surface area contributed by atoms with E-state index in [0.29, 0.717) is 18.1 Å². The van der Waals surface area contributed by atoms with E-state index in [0.717, 1.165) is 44.5 Å². The number of unbranched alkanes of at least 4 members (excludes halogenated alkanes) is 4. The highest BCUT2D eigenvalue weighted by Gasteiger charge is 2.17. The average molecular weight is 483 g/mol. The minimum Gasteiger partial charge on any atom is -0.494 e. The van der Waals surface area contributed by atoms with Gasteiger partial charge in [0.2, 0.25) is 9.84 Å². The summed E-state index contributed by atoms with van der Waals surface area (Å²) in [6, 6.07) is 23.0. The molecule has 0 fully saturated rings. The Balaban J connectivity index is 1.35. The Morgan fingerprint density at radius 3 is 1.53 bits per heavy atom. The molecule has 0 saturated heterocycles. The summed E-state index contributed by atoms with van der Waals surface area (Å²) in [6.07, 6.45) is 5.40. The molecule has 0 radical (unpaired) electrons. The molecule has 5 nitrogen and oxygen atoms in total. The second kappa shape index (κ2) is 13.0. The third kappa shape index (κ3) is 8.10. The van der Waals surface area contributed by atoms with Crippen molar-refractivity contribution in [3.05, 3.63) is 78.9 Å². The summed E-state index contributed by atoms with van der Waals surface area (Å²) in [6.45, 7) is 5.21. The number of benzene rings is 3. The van der Waals surface area contributed by atoms with Crippen molar-refractivity contribution in [3.8, 4) is 17.2 Å². The Kier molecular flexibility index (Phi) is 9.83. The summed E-state index contributed by atoms with van der Waals surface area (Å²) in [5, 5.41) is 0. The molecule has 0 heterocycles. The highest BCUT2D eigenvalue weighted by atomic mass is 32.2. The van der Waals surface area contributed by atoms with Crippen LogP contribution in [0.3, 0.4) is 0 Å². The van der Waals surface area contributed by atoms with Crippen LogP contribution in [0.5, 0.6) is 17.2 Å². The molecule has 0 bridgehead atoms. The van der Waals surface area contributed by atoms with E-state index in [-0.39, 0.29) is 15.9 Å². The van der Waals surface area contributed by atoms with E-state index in [1.54, 1.807) is 48.5 Å². The van der Waals surface area contributed by atoms with Gasteiger partial charge in [0.15, 0.2) is 0 Å². The predicted octanol–water partition coefficient (Wildman–Crippen LogP) is 6.71. The van der Waals surface area contributed by atoms with Crippen LogP contribution in [-0.2, 0) is 9.84 Å². The van der Waals surface area contributed by atoms with Gasteiger partial charge < -0.3 is 14.2 Å². The minimum absolute atomic E-state index is 0.0366. The predicted molar refractivity (Wildman–Crippen MR) is 135 cm³/mol. The van der Waals surface area contributed by atoms with Crippen LogP contribution in [0.4, 0.5) is 0 Å². The van der Waals surface area contributed by atoms with Gasteiger partial charge in [-0.05, 0) is 87.4 Å². The summed E-state index contributed by atoms with van der Waals surface area (Å²) in [5.74, 6) is 2.25. The third-order valence-corrected chi connectivity index (χ3v) is 6.99. The van der Waals surface area contributed by atoms with Gasteiger partial charge in [-0.25, -0.2) is 8.42 Å². The fourth-order valence-electron chi connectivity index (χ4n) is 3.45. The van der Waals surface area contributed by atoms with Crippen molar-refractivity contribution in [2.45, 2.75) is 61.8 Å². The van der Waals surface area contributed by atoms with Gasteiger partial charge in [-0.1, -0.05) is 37.5 Å². The highest BCUT2D eigenvalue weighted by molar-refractivity contribution is 7.91. The fourth-order valence-corrected chi connectivity index (χ4v) is 4.71. The average Bonchev–Trinajstić information content (AvgIpc) is 2.84. The first-order valence-corrected chi connectivity index (χ1v) is 13.4. The molecule has 182 valence electrons. The van der Waals surface area contributed by atoms with E-state index in [4.69, 9.17) is 14.2 Å². The molecule has 34 heavy (non-hydrogen) atoms. The number of rotatable bonds is 14. The van der Waals surface area contributed by atoms with Crippen molar-refractivity contribution < 1.29 is 22.6 Å². The van der Waals surface area contributed by atoms with E-state index < -0.39 is 9.84 Å². The lowest BCUT2D eigenvalue weighted by molar-refractivity contribution is 0.242. The zero-order chi connectivity index (χ0) is 24.2. The smallest absolute Gasteiger partial charge is 0.206 e. The van der Waals surface area contributed by atoms with Crippen LogP contribution in [0.25, 0.3) is 0 Å². The van der Waals surface area contributed by atoms with E-state index in [1.807, 2.05) is 44.2 Å². The first-order chi connectivity index (χ1) is 16.4. The molecule has 0 atom stereocenters. The SMILES string of the molecule is CC(C)Oc1ccc(S(=O)(=O)c2ccc(OCCCCCCCOc3ccccc3)cc2)cc1. The van der Waals surface area contributed by atoms with Gasteiger partial charge in [0.1, 0.15) is 17.2 Å². The Morgan fingerprint density at radius 1 is 0.588 bits per heavy atom. The first-order valence-electron chi connectivity index (χ1n) is 11.9. The zero-order valence-corrected chi connectivity index (χ0v) is 20.8. The number of para-hydroxylation sites is 1. The normalized spacial score (nSPS) is 11.4. The fraction of sp³-hybridized carbons (Fsp3) is 0.357. The van der Waals surface area contributed by atoms with Crippen LogP contribution in [-0.4, -0.2) is 27.7 Å². The molecule has 0 saturated carbocycles. The summed E-state index contributed by atoms with van der Waals surface area (Å²) in [4.78, 5) is 0.488. The van der Waals surface area contributed by atoms with Crippen molar-refractivity contribution in [1.82, 2.24) is 0 Å². The number of ether oxygens (including phenoxy) is 3. The zero-order valence-electron chi connectivity index (χ0n) is 20.0. The molecule has 6 heteroatoms. The van der Waals surface area contributed by atoms with E-state index in [1.165, 1.54) is 0 Å². The molecule has 0 N–H and O–H groups in total. The maximum atomic E-state index is 12.9. The molecule has 0 aliphatic rings. The van der Waals surface area contributed by atoms with Crippen molar-refractivity contribution in [2.24, 2.45) is 0 Å². The quantitative estimate of drug-likeness (QED) is 0.239. The van der Waals surface area contributed by atoms with Gasteiger partial charge in [-0.15, -0.1) is 0 Å². The second-order valence-corrected chi connectivity index (χ2v) is 10.3. The lowest BCUT2D eigenvalue weighted by atomic mass is 10.1. The largest absolute Gasteiger partial charge is 0.494 e. The molecule has 3 aromatic carbocycles. The Bertz CT molecular complexity index is 1080. The molecule has 0 aliphatic heterocycles. The molecule has 0 aliphatic carbocycles. The molecular weight excluding hydrogens is 448 g/mol. The second-order valence-electron chi connectivity index (χ2n) is 8.39. The molecular formula is C28H34O5S. The summed E-state index contributed by atoms with van der Waals surface area (Å²) >= 11 is 0. The standard InChI is InChI=1S/C28H34O5S/c1-23(2)33-26-15-19-28(20-16-26)34(29,30)27-17-13-25(14-18-27)32-22-10-5-3-4-9-21-31-24-11-7-6-8-12-24/h6-8,11-20,23H,3-5,9-10,21-22H2,1-2H3. The Morgan fingerprint density at radius 2 is 1.03 bits per heavy atom. The molecule has 0 unspecified atom stereocenters. The van der Waals surface area contributed by atoms with Gasteiger partial charge in [0, 0.05) is 0 Å². The van der Waals surface area contributed by atoms with Crippen LogP contribution in [0.1, 0.15) is 46.0 Å². The molecule has 0 spiro atoms. The number of hydrogen-bond donors (Lipinski definition) is 0. The third-order valence-electron chi connectivity index (χ3n) is 5.21. The molecule has 3 aromatic rings. The maximum absolute atomic E-state index is 12.9. The highest BCUT2D eigenvalue weighted by Crippen LogP contribution is 2.25. The maximum Gasteiger partial charge on any atom is 0.206 e. The topological polar surface area (TPSA) is 61.8 Å². The first kappa shape index (κ1) is 25.6. The van der Waals surface area contributed by atoms with Crippen molar-refractivity contribution >= 4 is 9.84 Å². The van der Waals surface area contributed by atoms with Crippen LogP contribution < -0.4 is 14.2 Å². The molecule has 0 amide bonds.